The van der Waals surface area contributed by atoms with Gasteiger partial charge in [0.2, 0.25) is 0 Å². The van der Waals surface area contributed by atoms with Crippen molar-refractivity contribution in [3.63, 3.8) is 0 Å². The SMILES string of the molecule is Cc1cc(C#N)cc(C)c1-c1cc(Cc2cc(F)cc(C(F)(F)F)c2)nn1C. The van der Waals surface area contributed by atoms with Gasteiger partial charge in [0.25, 0.3) is 0 Å². The van der Waals surface area contributed by atoms with Gasteiger partial charge in [-0.25, -0.2) is 4.39 Å². The number of nitriles is 1. The fourth-order valence-corrected chi connectivity index (χ4v) is 3.40. The van der Waals surface area contributed by atoms with Gasteiger partial charge in [0.05, 0.1) is 28.6 Å². The molecule has 2 aromatic carbocycles. The van der Waals surface area contributed by atoms with Crippen molar-refractivity contribution in [1.29, 1.82) is 5.26 Å². The van der Waals surface area contributed by atoms with Crippen molar-refractivity contribution in [3.8, 4) is 17.3 Å². The second-order valence-electron chi connectivity index (χ2n) is 6.76. The predicted octanol–water partition coefficient (Wildman–Crippen LogP) is 5.32. The summed E-state index contributed by atoms with van der Waals surface area (Å²) in [5.41, 5.74) is 3.76. The number of aromatic nitrogens is 2. The number of hydrogen-bond donors (Lipinski definition) is 0. The molecule has 0 fully saturated rings. The van der Waals surface area contributed by atoms with E-state index in [9.17, 15) is 17.6 Å². The van der Waals surface area contributed by atoms with Crippen LogP contribution in [0.2, 0.25) is 0 Å². The lowest BCUT2D eigenvalue weighted by Crippen LogP contribution is -2.06. The van der Waals surface area contributed by atoms with Crippen LogP contribution in [0.25, 0.3) is 11.3 Å². The van der Waals surface area contributed by atoms with Crippen LogP contribution in [0.1, 0.15) is 33.5 Å². The molecule has 3 rings (SSSR count). The molecule has 3 aromatic rings. The molecule has 0 unspecified atom stereocenters. The number of rotatable bonds is 3. The molecular formula is C21H17F4N3. The molecule has 144 valence electrons. The van der Waals surface area contributed by atoms with Gasteiger partial charge in [0.1, 0.15) is 5.82 Å². The van der Waals surface area contributed by atoms with Gasteiger partial charge in [0.15, 0.2) is 0 Å². The Hall–Kier alpha value is -3.14. The van der Waals surface area contributed by atoms with Crippen LogP contribution in [-0.2, 0) is 19.6 Å². The van der Waals surface area contributed by atoms with Crippen LogP contribution in [0.15, 0.2) is 36.4 Å². The summed E-state index contributed by atoms with van der Waals surface area (Å²) in [6.07, 6.45) is -4.54. The molecule has 0 radical (unpaired) electrons. The molecule has 1 aromatic heterocycles. The molecule has 0 saturated heterocycles. The highest BCUT2D eigenvalue weighted by Gasteiger charge is 2.31. The second-order valence-corrected chi connectivity index (χ2v) is 6.76. The summed E-state index contributed by atoms with van der Waals surface area (Å²) < 4.78 is 54.0. The fourth-order valence-electron chi connectivity index (χ4n) is 3.40. The Labute approximate surface area is 159 Å². The van der Waals surface area contributed by atoms with Gasteiger partial charge in [0, 0.05) is 19.0 Å². The highest BCUT2D eigenvalue weighted by molar-refractivity contribution is 5.69. The van der Waals surface area contributed by atoms with Crippen LogP contribution in [0.3, 0.4) is 0 Å². The van der Waals surface area contributed by atoms with Gasteiger partial charge in [-0.2, -0.15) is 23.5 Å². The highest BCUT2D eigenvalue weighted by atomic mass is 19.4. The molecule has 0 aliphatic carbocycles. The first kappa shape index (κ1) is 19.6. The molecule has 0 N–H and O–H groups in total. The summed E-state index contributed by atoms with van der Waals surface area (Å²) >= 11 is 0. The monoisotopic (exact) mass is 387 g/mol. The van der Waals surface area contributed by atoms with Crippen molar-refractivity contribution >= 4 is 0 Å². The predicted molar refractivity (Wildman–Crippen MR) is 97.0 cm³/mol. The second kappa shape index (κ2) is 7.12. The van der Waals surface area contributed by atoms with E-state index < -0.39 is 17.6 Å². The molecule has 28 heavy (non-hydrogen) atoms. The molecule has 0 amide bonds. The third kappa shape index (κ3) is 3.91. The Morgan fingerprint density at radius 3 is 2.25 bits per heavy atom. The van der Waals surface area contributed by atoms with E-state index in [0.29, 0.717) is 17.3 Å². The minimum Gasteiger partial charge on any atom is -0.268 e. The van der Waals surface area contributed by atoms with E-state index in [4.69, 9.17) is 5.26 Å². The lowest BCUT2D eigenvalue weighted by atomic mass is 9.96. The van der Waals surface area contributed by atoms with Crippen LogP contribution in [0.5, 0.6) is 0 Å². The summed E-state index contributed by atoms with van der Waals surface area (Å²) in [5, 5.41) is 13.5. The fraction of sp³-hybridized carbons (Fsp3) is 0.238. The molecule has 3 nitrogen and oxygen atoms in total. The maximum absolute atomic E-state index is 13.6. The summed E-state index contributed by atoms with van der Waals surface area (Å²) in [6.45, 7) is 3.77. The first-order valence-electron chi connectivity index (χ1n) is 8.50. The van der Waals surface area contributed by atoms with Gasteiger partial charge < -0.3 is 0 Å². The van der Waals surface area contributed by atoms with E-state index >= 15 is 0 Å². The molecule has 0 spiro atoms. The average molecular weight is 387 g/mol. The molecule has 7 heteroatoms. The third-order valence-electron chi connectivity index (χ3n) is 4.52. The maximum atomic E-state index is 13.6. The number of alkyl halides is 3. The van der Waals surface area contributed by atoms with E-state index in [1.54, 1.807) is 29.9 Å². The quantitative estimate of drug-likeness (QED) is 0.571. The van der Waals surface area contributed by atoms with E-state index in [-0.39, 0.29) is 12.0 Å². The number of nitrogens with zero attached hydrogens (tertiary/aromatic N) is 3. The Bertz CT molecular complexity index is 1070. The lowest BCUT2D eigenvalue weighted by Gasteiger charge is -2.10. The van der Waals surface area contributed by atoms with Crippen molar-refractivity contribution in [2.45, 2.75) is 26.4 Å². The summed E-state index contributed by atoms with van der Waals surface area (Å²) in [6, 6.07) is 9.95. The van der Waals surface area contributed by atoms with Crippen molar-refractivity contribution < 1.29 is 17.6 Å². The van der Waals surface area contributed by atoms with Crippen molar-refractivity contribution in [2.24, 2.45) is 7.05 Å². The van der Waals surface area contributed by atoms with E-state index in [2.05, 4.69) is 11.2 Å². The number of halogens is 4. The van der Waals surface area contributed by atoms with E-state index in [1.807, 2.05) is 13.8 Å². The zero-order valence-electron chi connectivity index (χ0n) is 15.5. The topological polar surface area (TPSA) is 41.6 Å². The average Bonchev–Trinajstić information content (AvgIpc) is 2.92. The number of hydrogen-bond acceptors (Lipinski definition) is 2. The summed E-state index contributed by atoms with van der Waals surface area (Å²) in [4.78, 5) is 0. The summed E-state index contributed by atoms with van der Waals surface area (Å²) in [5.74, 6) is -0.931. The zero-order chi connectivity index (χ0) is 20.6. The van der Waals surface area contributed by atoms with Crippen LogP contribution in [-0.4, -0.2) is 9.78 Å². The third-order valence-corrected chi connectivity index (χ3v) is 4.52. The molecule has 0 atom stereocenters. The Kier molecular flexibility index (Phi) is 4.99. The normalized spacial score (nSPS) is 11.5. The van der Waals surface area contributed by atoms with E-state index in [0.717, 1.165) is 34.5 Å². The smallest absolute Gasteiger partial charge is 0.268 e. The van der Waals surface area contributed by atoms with Gasteiger partial charge >= 0.3 is 6.18 Å². The maximum Gasteiger partial charge on any atom is 0.416 e. The van der Waals surface area contributed by atoms with Gasteiger partial charge in [-0.05, 0) is 66.9 Å². The lowest BCUT2D eigenvalue weighted by molar-refractivity contribution is -0.137. The summed E-state index contributed by atoms with van der Waals surface area (Å²) in [7, 11) is 1.74. The molecular weight excluding hydrogens is 370 g/mol. The minimum atomic E-state index is -4.61. The van der Waals surface area contributed by atoms with Crippen molar-refractivity contribution in [2.75, 3.05) is 0 Å². The Morgan fingerprint density at radius 2 is 1.68 bits per heavy atom. The van der Waals surface area contributed by atoms with Crippen molar-refractivity contribution in [3.05, 3.63) is 75.7 Å². The number of aryl methyl sites for hydroxylation is 3. The Morgan fingerprint density at radius 1 is 1.04 bits per heavy atom. The molecule has 0 aliphatic rings. The van der Waals surface area contributed by atoms with Crippen molar-refractivity contribution in [1.82, 2.24) is 9.78 Å². The largest absolute Gasteiger partial charge is 0.416 e. The van der Waals surface area contributed by atoms with Crippen LogP contribution < -0.4 is 0 Å². The zero-order valence-corrected chi connectivity index (χ0v) is 15.5. The first-order valence-corrected chi connectivity index (χ1v) is 8.50. The van der Waals surface area contributed by atoms with Gasteiger partial charge in [-0.3, -0.25) is 4.68 Å². The molecule has 0 bridgehead atoms. The number of benzene rings is 2. The molecule has 0 aliphatic heterocycles. The molecule has 1 heterocycles. The standard InChI is InChI=1S/C21H17F4N3/c1-12-4-15(11-26)5-13(2)20(12)19-10-18(27-28(19)3)8-14-6-16(21(23,24)25)9-17(22)7-14/h4-7,9-10H,8H2,1-3H3. The van der Waals surface area contributed by atoms with Crippen LogP contribution in [0, 0.1) is 31.0 Å². The highest BCUT2D eigenvalue weighted by Crippen LogP contribution is 2.32. The minimum absolute atomic E-state index is 0.0725. The van der Waals surface area contributed by atoms with Crippen LogP contribution in [0.4, 0.5) is 17.6 Å². The molecule has 0 saturated carbocycles. The van der Waals surface area contributed by atoms with E-state index in [1.165, 1.54) is 0 Å². The Balaban J connectivity index is 1.99. The van der Waals surface area contributed by atoms with Crippen LogP contribution >= 0.6 is 0 Å². The van der Waals surface area contributed by atoms with Gasteiger partial charge in [-0.15, -0.1) is 0 Å². The first-order chi connectivity index (χ1) is 13.1. The van der Waals surface area contributed by atoms with Gasteiger partial charge in [-0.1, -0.05) is 0 Å².